The van der Waals surface area contributed by atoms with Gasteiger partial charge in [-0.15, -0.1) is 0 Å². The minimum atomic E-state index is 0.578. The fourth-order valence-electron chi connectivity index (χ4n) is 2.12. The lowest BCUT2D eigenvalue weighted by Crippen LogP contribution is -1.99. The van der Waals surface area contributed by atoms with E-state index in [-0.39, 0.29) is 0 Å². The highest BCUT2D eigenvalue weighted by Gasteiger charge is 2.10. The topological polar surface area (TPSA) is 43.8 Å². The minimum Gasteiger partial charge on any atom is -0.326 e. The summed E-state index contributed by atoms with van der Waals surface area (Å²) in [7, 11) is 0. The number of benzene rings is 1. The van der Waals surface area contributed by atoms with Crippen LogP contribution < -0.4 is 5.73 Å². The van der Waals surface area contributed by atoms with E-state index < -0.39 is 0 Å². The third-order valence-electron chi connectivity index (χ3n) is 3.23. The van der Waals surface area contributed by atoms with E-state index in [0.29, 0.717) is 6.54 Å². The Kier molecular flexibility index (Phi) is 3.29. The molecule has 0 bridgehead atoms. The van der Waals surface area contributed by atoms with E-state index in [1.54, 1.807) is 0 Å². The third-order valence-corrected chi connectivity index (χ3v) is 3.23. The molecule has 3 heteroatoms. The highest BCUT2D eigenvalue weighted by molar-refractivity contribution is 5.69. The lowest BCUT2D eigenvalue weighted by atomic mass is 9.99. The summed E-state index contributed by atoms with van der Waals surface area (Å²) in [5.41, 5.74) is 11.8. The summed E-state index contributed by atoms with van der Waals surface area (Å²) in [6.07, 6.45) is 1.95. The van der Waals surface area contributed by atoms with Gasteiger partial charge in [-0.25, -0.2) is 0 Å². The van der Waals surface area contributed by atoms with Crippen molar-refractivity contribution in [2.75, 3.05) is 0 Å². The second-order valence-corrected chi connectivity index (χ2v) is 4.31. The van der Waals surface area contributed by atoms with Crippen LogP contribution in [0, 0.1) is 13.8 Å². The van der Waals surface area contributed by atoms with Gasteiger partial charge < -0.3 is 5.73 Å². The van der Waals surface area contributed by atoms with Gasteiger partial charge in [0.2, 0.25) is 0 Å². The van der Waals surface area contributed by atoms with Crippen LogP contribution in [0.5, 0.6) is 0 Å². The van der Waals surface area contributed by atoms with E-state index in [0.717, 1.165) is 12.1 Å². The second kappa shape index (κ2) is 4.72. The zero-order valence-electron chi connectivity index (χ0n) is 10.7. The van der Waals surface area contributed by atoms with Crippen molar-refractivity contribution in [1.29, 1.82) is 0 Å². The van der Waals surface area contributed by atoms with Gasteiger partial charge in [0, 0.05) is 24.3 Å². The smallest absolute Gasteiger partial charge is 0.0571 e. The summed E-state index contributed by atoms with van der Waals surface area (Å²) >= 11 is 0. The van der Waals surface area contributed by atoms with Crippen molar-refractivity contribution in [3.8, 4) is 11.1 Å². The first kappa shape index (κ1) is 11.9. The molecule has 0 amide bonds. The maximum atomic E-state index is 5.70. The Morgan fingerprint density at radius 2 is 2.00 bits per heavy atom. The van der Waals surface area contributed by atoms with Gasteiger partial charge in [0.1, 0.15) is 0 Å². The molecule has 1 aromatic carbocycles. The molecule has 2 rings (SSSR count). The molecule has 1 heterocycles. The predicted molar refractivity (Wildman–Crippen MR) is 70.7 cm³/mol. The summed E-state index contributed by atoms with van der Waals surface area (Å²) in [5, 5.41) is 4.39. The molecule has 0 fully saturated rings. The maximum absolute atomic E-state index is 5.70. The van der Waals surface area contributed by atoms with E-state index in [1.165, 1.54) is 22.4 Å². The average Bonchev–Trinajstić information content (AvgIpc) is 2.71. The quantitative estimate of drug-likeness (QED) is 0.879. The highest BCUT2D eigenvalue weighted by Crippen LogP contribution is 2.27. The molecule has 0 radical (unpaired) electrons. The number of aromatic nitrogens is 2. The maximum Gasteiger partial charge on any atom is 0.0571 e. The average molecular weight is 229 g/mol. The van der Waals surface area contributed by atoms with Crippen LogP contribution in [-0.4, -0.2) is 9.78 Å². The van der Waals surface area contributed by atoms with E-state index in [1.807, 2.05) is 10.9 Å². The van der Waals surface area contributed by atoms with Crippen LogP contribution in [-0.2, 0) is 13.1 Å². The fourth-order valence-corrected chi connectivity index (χ4v) is 2.12. The third kappa shape index (κ3) is 2.11. The second-order valence-electron chi connectivity index (χ2n) is 4.31. The molecule has 0 spiro atoms. The molecule has 90 valence electrons. The monoisotopic (exact) mass is 229 g/mol. The van der Waals surface area contributed by atoms with Gasteiger partial charge in [0.15, 0.2) is 0 Å². The van der Waals surface area contributed by atoms with Gasteiger partial charge in [0.05, 0.1) is 6.20 Å². The Balaban J connectivity index is 2.55. The van der Waals surface area contributed by atoms with E-state index in [4.69, 9.17) is 5.73 Å². The number of nitrogens with zero attached hydrogens (tertiary/aromatic N) is 2. The van der Waals surface area contributed by atoms with Crippen LogP contribution >= 0.6 is 0 Å². The van der Waals surface area contributed by atoms with Gasteiger partial charge in [-0.1, -0.05) is 12.1 Å². The first-order valence-corrected chi connectivity index (χ1v) is 5.99. The highest BCUT2D eigenvalue weighted by atomic mass is 15.3. The Morgan fingerprint density at radius 3 is 2.59 bits per heavy atom. The Bertz CT molecular complexity index is 526. The van der Waals surface area contributed by atoms with Crippen molar-refractivity contribution < 1.29 is 0 Å². The lowest BCUT2D eigenvalue weighted by molar-refractivity contribution is 0.640. The van der Waals surface area contributed by atoms with Crippen molar-refractivity contribution in [3.63, 3.8) is 0 Å². The SMILES string of the molecule is CCn1ncc(-c2cc(CN)ccc2C)c1C. The van der Waals surface area contributed by atoms with E-state index in [2.05, 4.69) is 44.1 Å². The molecule has 0 atom stereocenters. The Labute approximate surface area is 102 Å². The zero-order chi connectivity index (χ0) is 12.4. The molecule has 17 heavy (non-hydrogen) atoms. The van der Waals surface area contributed by atoms with Gasteiger partial charge in [-0.3, -0.25) is 4.68 Å². The van der Waals surface area contributed by atoms with Gasteiger partial charge >= 0.3 is 0 Å². The molecule has 1 aromatic heterocycles. The largest absolute Gasteiger partial charge is 0.326 e. The summed E-state index contributed by atoms with van der Waals surface area (Å²) in [6, 6.07) is 6.37. The summed E-state index contributed by atoms with van der Waals surface area (Å²) in [6.45, 7) is 7.82. The minimum absolute atomic E-state index is 0.578. The molecular formula is C14H19N3. The zero-order valence-corrected chi connectivity index (χ0v) is 10.7. The normalized spacial score (nSPS) is 10.8. The molecule has 0 saturated heterocycles. The van der Waals surface area contributed by atoms with E-state index in [9.17, 15) is 0 Å². The fraction of sp³-hybridized carbons (Fsp3) is 0.357. The molecular weight excluding hydrogens is 210 g/mol. The van der Waals surface area contributed by atoms with Crippen LogP contribution in [0.4, 0.5) is 0 Å². The predicted octanol–water partition coefficient (Wildman–Crippen LogP) is 2.65. The standard InChI is InChI=1S/C14H19N3/c1-4-17-11(3)14(9-16-17)13-7-12(8-15)6-5-10(13)2/h5-7,9H,4,8,15H2,1-3H3. The molecule has 0 aliphatic carbocycles. The van der Waals surface area contributed by atoms with Gasteiger partial charge in [-0.2, -0.15) is 5.10 Å². The first-order chi connectivity index (χ1) is 8.17. The van der Waals surface area contributed by atoms with E-state index >= 15 is 0 Å². The summed E-state index contributed by atoms with van der Waals surface area (Å²) in [4.78, 5) is 0. The van der Waals surface area contributed by atoms with Crippen LogP contribution in [0.25, 0.3) is 11.1 Å². The number of nitrogens with two attached hydrogens (primary N) is 1. The van der Waals surface area contributed by atoms with Crippen molar-refractivity contribution in [2.24, 2.45) is 5.73 Å². The lowest BCUT2D eigenvalue weighted by Gasteiger charge is -2.08. The van der Waals surface area contributed by atoms with Crippen molar-refractivity contribution in [2.45, 2.75) is 33.9 Å². The van der Waals surface area contributed by atoms with Crippen molar-refractivity contribution in [3.05, 3.63) is 41.2 Å². The Morgan fingerprint density at radius 1 is 1.24 bits per heavy atom. The number of hydrogen-bond donors (Lipinski definition) is 1. The van der Waals surface area contributed by atoms with Gasteiger partial charge in [-0.05, 0) is 43.5 Å². The molecule has 3 nitrogen and oxygen atoms in total. The summed E-state index contributed by atoms with van der Waals surface area (Å²) < 4.78 is 2.02. The number of hydrogen-bond acceptors (Lipinski definition) is 2. The first-order valence-electron chi connectivity index (χ1n) is 5.99. The van der Waals surface area contributed by atoms with Crippen LogP contribution in [0.1, 0.15) is 23.7 Å². The molecule has 0 aliphatic heterocycles. The molecule has 2 aromatic rings. The summed E-state index contributed by atoms with van der Waals surface area (Å²) in [5.74, 6) is 0. The van der Waals surface area contributed by atoms with Gasteiger partial charge in [0.25, 0.3) is 0 Å². The van der Waals surface area contributed by atoms with Crippen molar-refractivity contribution in [1.82, 2.24) is 9.78 Å². The molecule has 0 unspecified atom stereocenters. The number of rotatable bonds is 3. The molecule has 0 aliphatic rings. The Hall–Kier alpha value is -1.61. The van der Waals surface area contributed by atoms with Crippen LogP contribution in [0.2, 0.25) is 0 Å². The van der Waals surface area contributed by atoms with Crippen LogP contribution in [0.15, 0.2) is 24.4 Å². The number of aryl methyl sites for hydroxylation is 2. The van der Waals surface area contributed by atoms with Crippen LogP contribution in [0.3, 0.4) is 0 Å². The molecule has 2 N–H and O–H groups in total. The molecule has 0 saturated carbocycles. The van der Waals surface area contributed by atoms with Crippen molar-refractivity contribution >= 4 is 0 Å².